The summed E-state index contributed by atoms with van der Waals surface area (Å²) in [6.45, 7) is 1.08. The molecule has 240 valence electrons. The lowest BCUT2D eigenvalue weighted by Crippen LogP contribution is -2.57. The van der Waals surface area contributed by atoms with Gasteiger partial charge in [0.1, 0.15) is 17.7 Å². The van der Waals surface area contributed by atoms with Crippen LogP contribution in [0.4, 0.5) is 13.6 Å². The van der Waals surface area contributed by atoms with Crippen LogP contribution in [0.25, 0.3) is 0 Å². The number of hydrogen-bond donors (Lipinski definition) is 3. The summed E-state index contributed by atoms with van der Waals surface area (Å²) in [6, 6.07) is 3.66. The molecule has 2 amide bonds. The molecule has 1 aromatic carbocycles. The van der Waals surface area contributed by atoms with E-state index in [9.17, 15) is 26.8 Å². The Balaban J connectivity index is 1.36. The number of aromatic nitrogens is 1. The lowest BCUT2D eigenvalue weighted by Gasteiger charge is -2.38. The number of benzene rings is 1. The molecule has 3 aliphatic rings. The maximum Gasteiger partial charge on any atom is 0.407 e. The van der Waals surface area contributed by atoms with Gasteiger partial charge in [-0.3, -0.25) is 9.78 Å². The second-order valence-electron chi connectivity index (χ2n) is 11.9. The summed E-state index contributed by atoms with van der Waals surface area (Å²) in [6.07, 6.45) is 6.77. The molecule has 7 atom stereocenters. The van der Waals surface area contributed by atoms with Crippen LogP contribution in [0.3, 0.4) is 0 Å². The van der Waals surface area contributed by atoms with E-state index in [-0.39, 0.29) is 45.9 Å². The third-order valence-electron chi connectivity index (χ3n) is 9.08. The molecule has 2 aliphatic heterocycles. The summed E-state index contributed by atoms with van der Waals surface area (Å²) in [5.41, 5.74) is 0.522. The van der Waals surface area contributed by atoms with Crippen molar-refractivity contribution in [2.24, 2.45) is 5.92 Å². The van der Waals surface area contributed by atoms with Crippen LogP contribution < -0.4 is 16.0 Å². The van der Waals surface area contributed by atoms with Crippen LogP contribution in [0.5, 0.6) is 0 Å². The van der Waals surface area contributed by atoms with Gasteiger partial charge in [-0.05, 0) is 73.8 Å². The normalized spacial score (nSPS) is 27.5. The van der Waals surface area contributed by atoms with E-state index in [4.69, 9.17) is 16.3 Å². The Morgan fingerprint density at radius 3 is 2.70 bits per heavy atom. The summed E-state index contributed by atoms with van der Waals surface area (Å²) >= 11 is 5.92. The number of piperazine rings is 1. The van der Waals surface area contributed by atoms with Crippen LogP contribution in [0.15, 0.2) is 36.7 Å². The molecular formula is C30H38ClF2N5O5S. The predicted octanol–water partition coefficient (Wildman–Crippen LogP) is 3.70. The fourth-order valence-electron chi connectivity index (χ4n) is 6.86. The van der Waals surface area contributed by atoms with Gasteiger partial charge in [0.25, 0.3) is 0 Å². The van der Waals surface area contributed by atoms with Crippen molar-refractivity contribution in [1.29, 1.82) is 0 Å². The van der Waals surface area contributed by atoms with Crippen LogP contribution in [-0.4, -0.2) is 79.8 Å². The van der Waals surface area contributed by atoms with E-state index in [1.54, 1.807) is 4.31 Å². The highest BCUT2D eigenvalue weighted by Gasteiger charge is 2.40. The van der Waals surface area contributed by atoms with Gasteiger partial charge < -0.3 is 20.7 Å². The van der Waals surface area contributed by atoms with Gasteiger partial charge in [-0.2, -0.15) is 4.31 Å². The van der Waals surface area contributed by atoms with Crippen molar-refractivity contribution in [2.45, 2.75) is 75.0 Å². The van der Waals surface area contributed by atoms with E-state index < -0.39 is 45.6 Å². The third-order valence-corrected chi connectivity index (χ3v) is 11.4. The fraction of sp³-hybridized carbons (Fsp3) is 0.567. The first-order valence-corrected chi connectivity index (χ1v) is 17.0. The van der Waals surface area contributed by atoms with Gasteiger partial charge in [-0.1, -0.05) is 24.1 Å². The first-order chi connectivity index (χ1) is 21.1. The zero-order valence-corrected chi connectivity index (χ0v) is 26.0. The van der Waals surface area contributed by atoms with E-state index in [1.165, 1.54) is 24.4 Å². The van der Waals surface area contributed by atoms with Crippen LogP contribution in [0, 0.1) is 17.6 Å². The molecule has 1 aliphatic carbocycles. The van der Waals surface area contributed by atoms with Gasteiger partial charge >= 0.3 is 6.09 Å². The summed E-state index contributed by atoms with van der Waals surface area (Å²) < 4.78 is 61.2. The lowest BCUT2D eigenvalue weighted by molar-refractivity contribution is -0.124. The fourth-order valence-corrected chi connectivity index (χ4v) is 8.79. The molecule has 14 heteroatoms. The molecular weight excluding hydrogens is 616 g/mol. The molecule has 2 bridgehead atoms. The first-order valence-electron chi connectivity index (χ1n) is 15.0. The number of ether oxygens (including phenoxy) is 1. The number of pyridine rings is 1. The first kappa shape index (κ1) is 32.5. The van der Waals surface area contributed by atoms with E-state index in [1.807, 2.05) is 0 Å². The average molecular weight is 654 g/mol. The molecule has 0 spiro atoms. The van der Waals surface area contributed by atoms with Crippen molar-refractivity contribution in [1.82, 2.24) is 25.2 Å². The molecule has 3 fully saturated rings. The van der Waals surface area contributed by atoms with Crippen LogP contribution in [-0.2, 0) is 19.6 Å². The zero-order valence-electron chi connectivity index (χ0n) is 24.5. The Hall–Kier alpha value is -2.87. The minimum absolute atomic E-state index is 0.0902. The quantitative estimate of drug-likeness (QED) is 0.376. The molecule has 10 nitrogen and oxygen atoms in total. The number of methoxy groups -OCH3 is 1. The Morgan fingerprint density at radius 1 is 1.14 bits per heavy atom. The van der Waals surface area contributed by atoms with Gasteiger partial charge in [-0.15, -0.1) is 0 Å². The van der Waals surface area contributed by atoms with E-state index in [0.29, 0.717) is 38.8 Å². The standard InChI is InChI=1S/C30H38ClF2N5O5S/c1-43-30(40)37-28(27(20-12-21(32)15-34-14-20)19-8-10-24(31)25(33)13-19)29(39)36-26-6-2-4-18(26)7-9-23-16-35-22-5-3-11-44(41,42)38(23)17-22/h8,10,12-15,18,22-23,26-28,35H,2-7,9,11,16-17H2,1H3,(H,36,39)(H,37,40)/t18-,22-,23?,26+,27+,28+/m1/s1. The van der Waals surface area contributed by atoms with Crippen molar-refractivity contribution >= 4 is 33.6 Å². The molecule has 2 aromatic rings. The Kier molecular flexibility index (Phi) is 10.4. The van der Waals surface area contributed by atoms with Crippen molar-refractivity contribution in [3.8, 4) is 0 Å². The zero-order chi connectivity index (χ0) is 31.4. The minimum atomic E-state index is -3.31. The monoisotopic (exact) mass is 653 g/mol. The molecule has 0 radical (unpaired) electrons. The van der Waals surface area contributed by atoms with Gasteiger partial charge in [0.2, 0.25) is 15.9 Å². The number of nitrogens with zero attached hydrogens (tertiary/aromatic N) is 2. The molecule has 3 heterocycles. The number of fused-ring (bicyclic) bond motifs is 2. The second kappa shape index (κ2) is 14.1. The maximum atomic E-state index is 14.6. The number of rotatable bonds is 9. The average Bonchev–Trinajstić information content (AvgIpc) is 3.39. The molecule has 1 saturated carbocycles. The van der Waals surface area contributed by atoms with Crippen molar-refractivity contribution < 1.29 is 31.5 Å². The summed E-state index contributed by atoms with van der Waals surface area (Å²) in [5, 5.41) is 9.02. The summed E-state index contributed by atoms with van der Waals surface area (Å²) in [5.74, 6) is -2.72. The second-order valence-corrected chi connectivity index (χ2v) is 14.3. The van der Waals surface area contributed by atoms with Crippen LogP contribution >= 0.6 is 11.6 Å². The maximum absolute atomic E-state index is 14.6. The number of carbonyl (C=O) groups is 2. The van der Waals surface area contributed by atoms with Crippen molar-refractivity contribution in [3.63, 3.8) is 0 Å². The van der Waals surface area contributed by atoms with Crippen molar-refractivity contribution in [2.75, 3.05) is 26.0 Å². The largest absolute Gasteiger partial charge is 0.453 e. The molecule has 44 heavy (non-hydrogen) atoms. The Morgan fingerprint density at radius 2 is 1.95 bits per heavy atom. The SMILES string of the molecule is COC(=O)N[C@H](C(=O)N[C@H]1CCC[C@@H]1CCC1CN[C@@H]2CCCS(=O)(=O)N1C2)[C@H](c1cncc(F)c1)c1ccc(Cl)c(F)c1. The van der Waals surface area contributed by atoms with Crippen LogP contribution in [0.2, 0.25) is 5.02 Å². The Bertz CT molecular complexity index is 1470. The molecule has 3 N–H and O–H groups in total. The highest BCUT2D eigenvalue weighted by molar-refractivity contribution is 7.89. The Labute approximate surface area is 261 Å². The number of halogens is 3. The predicted molar refractivity (Wildman–Crippen MR) is 161 cm³/mol. The molecule has 5 rings (SSSR count). The van der Waals surface area contributed by atoms with Crippen LogP contribution in [0.1, 0.15) is 62.0 Å². The smallest absolute Gasteiger partial charge is 0.407 e. The van der Waals surface area contributed by atoms with E-state index in [0.717, 1.165) is 38.6 Å². The molecule has 2 saturated heterocycles. The lowest BCUT2D eigenvalue weighted by atomic mass is 9.84. The van der Waals surface area contributed by atoms with Crippen molar-refractivity contribution in [3.05, 3.63) is 64.4 Å². The number of hydrogen-bond acceptors (Lipinski definition) is 7. The highest BCUT2D eigenvalue weighted by atomic mass is 35.5. The minimum Gasteiger partial charge on any atom is -0.453 e. The van der Waals surface area contributed by atoms with Gasteiger partial charge in [0.15, 0.2) is 0 Å². The third kappa shape index (κ3) is 7.49. The topological polar surface area (TPSA) is 130 Å². The van der Waals surface area contributed by atoms with E-state index >= 15 is 0 Å². The van der Waals surface area contributed by atoms with Gasteiger partial charge in [0.05, 0.1) is 24.1 Å². The summed E-state index contributed by atoms with van der Waals surface area (Å²) in [4.78, 5) is 30.4. The number of alkyl carbamates (subject to hydrolysis) is 1. The van der Waals surface area contributed by atoms with Gasteiger partial charge in [-0.25, -0.2) is 22.0 Å². The number of amides is 2. The number of sulfonamides is 1. The van der Waals surface area contributed by atoms with E-state index in [2.05, 4.69) is 20.9 Å². The number of nitrogens with one attached hydrogen (secondary N) is 3. The highest BCUT2D eigenvalue weighted by Crippen LogP contribution is 2.34. The summed E-state index contributed by atoms with van der Waals surface area (Å²) in [7, 11) is -2.15. The van der Waals surface area contributed by atoms with Gasteiger partial charge in [0, 0.05) is 43.3 Å². The molecule has 2 unspecified atom stereocenters. The molecule has 1 aromatic heterocycles. The number of carbonyl (C=O) groups excluding carboxylic acids is 2.